The lowest BCUT2D eigenvalue weighted by atomic mass is 9.86. The van der Waals surface area contributed by atoms with E-state index in [-0.39, 0.29) is 30.8 Å². The van der Waals surface area contributed by atoms with Gasteiger partial charge in [0.1, 0.15) is 29.6 Å². The summed E-state index contributed by atoms with van der Waals surface area (Å²) < 4.78 is 49.7. The van der Waals surface area contributed by atoms with E-state index in [9.17, 15) is 14.5 Å². The molecule has 16 heteroatoms. The lowest BCUT2D eigenvalue weighted by Gasteiger charge is -2.44. The largest absolute Gasteiger partial charge is 0.479 e. The van der Waals surface area contributed by atoms with Crippen LogP contribution in [0.2, 0.25) is 0 Å². The molecule has 6 atom stereocenters. The zero-order valence-corrected chi connectivity index (χ0v) is 24.4. The van der Waals surface area contributed by atoms with Crippen LogP contribution in [0.3, 0.4) is 0 Å². The molecule has 0 bridgehead atoms. The number of unbranched alkanes of at least 4 members (excludes halogenated alkanes) is 1. The highest BCUT2D eigenvalue weighted by Crippen LogP contribution is 2.51. The van der Waals surface area contributed by atoms with Crippen molar-refractivity contribution in [1.82, 2.24) is 24.6 Å². The van der Waals surface area contributed by atoms with Crippen LogP contribution in [-0.4, -0.2) is 81.4 Å². The van der Waals surface area contributed by atoms with Crippen molar-refractivity contribution in [2.45, 2.75) is 63.2 Å². The number of carbonyl (C=O) groups excluding carboxylic acids is 1. The zero-order valence-electron chi connectivity index (χ0n) is 23.5. The summed E-state index contributed by atoms with van der Waals surface area (Å²) in [4.78, 5) is 25.2. The number of esters is 1. The monoisotopic (exact) mass is 606 g/mol. The Labute approximate surface area is 242 Å². The van der Waals surface area contributed by atoms with E-state index in [1.54, 1.807) is 34.9 Å². The summed E-state index contributed by atoms with van der Waals surface area (Å²) in [6, 6.07) is 7.36. The summed E-state index contributed by atoms with van der Waals surface area (Å²) in [5.41, 5.74) is 5.40. The van der Waals surface area contributed by atoms with Gasteiger partial charge in [-0.2, -0.15) is 15.1 Å². The van der Waals surface area contributed by atoms with Crippen LogP contribution in [0.1, 0.15) is 39.3 Å². The lowest BCUT2D eigenvalue weighted by Crippen LogP contribution is -2.56. The molecule has 15 nitrogen and oxygen atoms in total. The van der Waals surface area contributed by atoms with Crippen LogP contribution < -0.4 is 20.1 Å². The number of nitrogens with zero attached hydrogens (tertiary/aromatic N) is 4. The van der Waals surface area contributed by atoms with Gasteiger partial charge in [0.2, 0.25) is 11.8 Å². The van der Waals surface area contributed by atoms with Crippen molar-refractivity contribution < 1.29 is 42.5 Å². The number of nitrogens with two attached hydrogens (primary N) is 1. The van der Waals surface area contributed by atoms with E-state index in [0.717, 1.165) is 6.42 Å². The van der Waals surface area contributed by atoms with Gasteiger partial charge in [0.25, 0.3) is 0 Å². The number of imidazole rings is 1. The molecule has 4 N–H and O–H groups in total. The number of aliphatic hydroxyl groups excluding tert-OH is 1. The topological polar surface area (TPSA) is 191 Å². The van der Waals surface area contributed by atoms with Gasteiger partial charge in [0.15, 0.2) is 17.4 Å². The molecule has 2 saturated heterocycles. The Morgan fingerprint density at radius 2 is 2.10 bits per heavy atom. The molecule has 228 valence electrons. The number of nitrogens with one attached hydrogen (secondary N) is 1. The molecule has 0 aliphatic carbocycles. The number of hydrogen-bond donors (Lipinski definition) is 3. The van der Waals surface area contributed by atoms with Crippen molar-refractivity contribution in [2.75, 3.05) is 32.7 Å². The predicted octanol–water partition coefficient (Wildman–Crippen LogP) is 2.36. The molecule has 0 unspecified atom stereocenters. The second-order valence-corrected chi connectivity index (χ2v) is 11.7. The summed E-state index contributed by atoms with van der Waals surface area (Å²) in [6.45, 7) is 3.74. The second-order valence-electron chi connectivity index (χ2n) is 10.0. The standard InChI is InChI=1S/C26H35N6O9P/c1-4-5-12-37-23(34)16(2)31-42(35,41-17-9-7-6-8-10-17)39-14-18-20(33)26(11-13-38-26)24(40-18)32-15-28-19-21(32)29-25(27)30-22(19)36-3/h6-10,15-16,18,20,24,33H,4-5,11-14H2,1-3H3,(H,31,35)(H2,27,29,30)/t16-,18+,20+,24+,26+,42+/m0/s1. The molecule has 0 saturated carbocycles. The Kier molecular flexibility index (Phi) is 8.97. The minimum Gasteiger partial charge on any atom is -0.479 e. The summed E-state index contributed by atoms with van der Waals surface area (Å²) >= 11 is 0. The van der Waals surface area contributed by atoms with Gasteiger partial charge >= 0.3 is 13.7 Å². The number of anilines is 1. The van der Waals surface area contributed by atoms with E-state index in [2.05, 4.69) is 20.0 Å². The number of methoxy groups -OCH3 is 1. The number of aromatic nitrogens is 4. The van der Waals surface area contributed by atoms with Crippen LogP contribution >= 0.6 is 7.75 Å². The Morgan fingerprint density at radius 1 is 1.33 bits per heavy atom. The molecule has 2 aliphatic rings. The van der Waals surface area contributed by atoms with E-state index >= 15 is 0 Å². The number of hydrogen-bond acceptors (Lipinski definition) is 13. The molecule has 3 aromatic rings. The maximum absolute atomic E-state index is 13.9. The number of benzene rings is 1. The first kappa shape index (κ1) is 30.1. The summed E-state index contributed by atoms with van der Waals surface area (Å²) in [6.07, 6.45) is 0.422. The highest BCUT2D eigenvalue weighted by atomic mass is 31.2. The van der Waals surface area contributed by atoms with Crippen molar-refractivity contribution in [3.05, 3.63) is 36.7 Å². The molecule has 5 rings (SSSR count). The molecular formula is C26H35N6O9P. The third-order valence-corrected chi connectivity index (χ3v) is 8.76. The summed E-state index contributed by atoms with van der Waals surface area (Å²) in [7, 11) is -2.75. The SMILES string of the molecule is CCCCOC(=O)[C@H](C)N[P@@](=O)(OC[C@H]1O[C@@H](n2cnc3c(OC)nc(N)nc32)[C@@]2(CCO2)[C@@H]1O)Oc1ccccc1. The highest BCUT2D eigenvalue weighted by Gasteiger charge is 2.62. The lowest BCUT2D eigenvalue weighted by molar-refractivity contribution is -0.225. The van der Waals surface area contributed by atoms with Crippen LogP contribution in [0.4, 0.5) is 5.95 Å². The third kappa shape index (κ3) is 5.93. The van der Waals surface area contributed by atoms with Gasteiger partial charge in [-0.25, -0.2) is 9.55 Å². The molecule has 1 spiro atoms. The zero-order chi connectivity index (χ0) is 29.9. The minimum absolute atomic E-state index is 0.0319. The Morgan fingerprint density at radius 3 is 2.76 bits per heavy atom. The molecule has 0 radical (unpaired) electrons. The Bertz CT molecular complexity index is 1440. The normalized spacial score (nSPS) is 25.6. The fourth-order valence-corrected chi connectivity index (χ4v) is 6.35. The number of carbonyl (C=O) groups is 1. The molecular weight excluding hydrogens is 571 g/mol. The maximum Gasteiger partial charge on any atom is 0.459 e. The van der Waals surface area contributed by atoms with Crippen LogP contribution in [-0.2, 0) is 28.1 Å². The van der Waals surface area contributed by atoms with Crippen molar-refractivity contribution in [3.8, 4) is 11.6 Å². The quantitative estimate of drug-likeness (QED) is 0.146. The van der Waals surface area contributed by atoms with Gasteiger partial charge < -0.3 is 34.3 Å². The number of nitrogen functional groups attached to an aromatic ring is 1. The van der Waals surface area contributed by atoms with Crippen LogP contribution in [0.5, 0.6) is 11.6 Å². The Balaban J connectivity index is 1.36. The number of fused-ring (bicyclic) bond motifs is 1. The van der Waals surface area contributed by atoms with Crippen molar-refractivity contribution >= 4 is 30.8 Å². The summed E-state index contributed by atoms with van der Waals surface area (Å²) in [5.74, 6) is -0.201. The second kappa shape index (κ2) is 12.5. The number of para-hydroxylation sites is 1. The first-order chi connectivity index (χ1) is 20.2. The maximum atomic E-state index is 13.9. The van der Waals surface area contributed by atoms with E-state index in [4.69, 9.17) is 33.7 Å². The smallest absolute Gasteiger partial charge is 0.459 e. The third-order valence-electron chi connectivity index (χ3n) is 7.12. The van der Waals surface area contributed by atoms with Gasteiger partial charge in [-0.15, -0.1) is 0 Å². The van der Waals surface area contributed by atoms with Gasteiger partial charge in [-0.05, 0) is 25.5 Å². The fourth-order valence-electron chi connectivity index (χ4n) is 4.85. The average Bonchev–Trinajstić information content (AvgIpc) is 3.50. The van der Waals surface area contributed by atoms with Crippen molar-refractivity contribution in [2.24, 2.45) is 0 Å². The van der Waals surface area contributed by atoms with E-state index in [0.29, 0.717) is 30.6 Å². The van der Waals surface area contributed by atoms with Gasteiger partial charge in [-0.1, -0.05) is 31.5 Å². The number of rotatable bonds is 13. The van der Waals surface area contributed by atoms with Crippen molar-refractivity contribution in [1.29, 1.82) is 0 Å². The molecule has 2 aliphatic heterocycles. The molecule has 4 heterocycles. The van der Waals surface area contributed by atoms with Gasteiger partial charge in [-0.3, -0.25) is 13.9 Å². The van der Waals surface area contributed by atoms with Gasteiger partial charge in [0.05, 0.1) is 33.3 Å². The summed E-state index contributed by atoms with van der Waals surface area (Å²) in [5, 5.41) is 14.0. The molecule has 42 heavy (non-hydrogen) atoms. The van der Waals surface area contributed by atoms with Crippen LogP contribution in [0.25, 0.3) is 11.2 Å². The van der Waals surface area contributed by atoms with Gasteiger partial charge in [0, 0.05) is 6.42 Å². The Hall–Kier alpha value is -3.33. The molecule has 2 fully saturated rings. The predicted molar refractivity (Wildman–Crippen MR) is 149 cm³/mol. The van der Waals surface area contributed by atoms with E-state index in [1.807, 2.05) is 6.92 Å². The number of ether oxygens (including phenoxy) is 4. The number of aliphatic hydroxyl groups is 1. The average molecular weight is 607 g/mol. The molecule has 2 aromatic heterocycles. The fraction of sp³-hybridized carbons (Fsp3) is 0.538. The first-order valence-corrected chi connectivity index (χ1v) is 15.2. The first-order valence-electron chi connectivity index (χ1n) is 13.6. The molecule has 0 amide bonds. The minimum atomic E-state index is -4.19. The highest BCUT2D eigenvalue weighted by molar-refractivity contribution is 7.52. The van der Waals surface area contributed by atoms with E-state index in [1.165, 1.54) is 20.4 Å². The van der Waals surface area contributed by atoms with E-state index < -0.39 is 43.8 Å². The van der Waals surface area contributed by atoms with Crippen LogP contribution in [0, 0.1) is 0 Å². The van der Waals surface area contributed by atoms with Crippen molar-refractivity contribution in [3.63, 3.8) is 0 Å². The molecule has 1 aromatic carbocycles. The van der Waals surface area contributed by atoms with Crippen LogP contribution in [0.15, 0.2) is 36.7 Å².